The fourth-order valence-electron chi connectivity index (χ4n) is 3.35. The molecule has 26 heavy (non-hydrogen) atoms. The van der Waals surface area contributed by atoms with Crippen molar-refractivity contribution in [1.29, 1.82) is 0 Å². The van der Waals surface area contributed by atoms with Crippen molar-refractivity contribution in [3.05, 3.63) is 71.5 Å². The third-order valence-electron chi connectivity index (χ3n) is 4.86. The van der Waals surface area contributed by atoms with Gasteiger partial charge in [0.15, 0.2) is 0 Å². The highest BCUT2D eigenvalue weighted by Gasteiger charge is 2.29. The van der Waals surface area contributed by atoms with E-state index in [2.05, 4.69) is 29.2 Å². The topological polar surface area (TPSA) is 23.6 Å². The minimum absolute atomic E-state index is 0.0768. The molecule has 0 aliphatic carbocycles. The second-order valence-corrected chi connectivity index (χ2v) is 8.08. The number of hydrogen-bond acceptors (Lipinski definition) is 3. The highest BCUT2D eigenvalue weighted by atomic mass is 32.2. The van der Waals surface area contributed by atoms with Crippen LogP contribution in [0.5, 0.6) is 0 Å². The summed E-state index contributed by atoms with van der Waals surface area (Å²) in [6.07, 6.45) is 0. The molecule has 2 atom stereocenters. The maximum absolute atomic E-state index is 13.4. The van der Waals surface area contributed by atoms with Gasteiger partial charge in [-0.2, -0.15) is 11.8 Å². The van der Waals surface area contributed by atoms with Gasteiger partial charge >= 0.3 is 0 Å². The van der Waals surface area contributed by atoms with Gasteiger partial charge in [-0.1, -0.05) is 42.5 Å². The first-order valence-electron chi connectivity index (χ1n) is 8.94. The summed E-state index contributed by atoms with van der Waals surface area (Å²) in [5.74, 6) is 0.827. The van der Waals surface area contributed by atoms with Crippen molar-refractivity contribution in [2.45, 2.75) is 24.8 Å². The molecule has 0 bridgehead atoms. The molecular formula is C21H25FN2OS. The summed E-state index contributed by atoms with van der Waals surface area (Å²) in [7, 11) is 1.79. The lowest BCUT2D eigenvalue weighted by Gasteiger charge is -2.37. The van der Waals surface area contributed by atoms with Crippen molar-refractivity contribution >= 4 is 17.7 Å². The first kappa shape index (κ1) is 18.9. The van der Waals surface area contributed by atoms with Crippen LogP contribution in [0.2, 0.25) is 0 Å². The molecule has 1 aliphatic heterocycles. The van der Waals surface area contributed by atoms with Gasteiger partial charge in [0.05, 0.1) is 6.04 Å². The van der Waals surface area contributed by atoms with Crippen LogP contribution < -0.4 is 0 Å². The van der Waals surface area contributed by atoms with E-state index in [1.807, 2.05) is 30.8 Å². The number of benzene rings is 2. The Kier molecular flexibility index (Phi) is 6.33. The van der Waals surface area contributed by atoms with Crippen LogP contribution in [0.3, 0.4) is 0 Å². The second kappa shape index (κ2) is 8.69. The van der Waals surface area contributed by atoms with Gasteiger partial charge in [-0.05, 0) is 30.2 Å². The fraction of sp³-hybridized carbons (Fsp3) is 0.381. The summed E-state index contributed by atoms with van der Waals surface area (Å²) in [5.41, 5.74) is 2.12. The zero-order chi connectivity index (χ0) is 18.5. The Labute approximate surface area is 159 Å². The van der Waals surface area contributed by atoms with Crippen LogP contribution in [0.4, 0.5) is 4.39 Å². The highest BCUT2D eigenvalue weighted by molar-refractivity contribution is 7.99. The Hall–Kier alpha value is -1.85. The van der Waals surface area contributed by atoms with E-state index < -0.39 is 0 Å². The first-order valence-corrected chi connectivity index (χ1v) is 9.99. The quantitative estimate of drug-likeness (QED) is 0.794. The average Bonchev–Trinajstić information content (AvgIpc) is 2.67. The van der Waals surface area contributed by atoms with Crippen LogP contribution in [-0.4, -0.2) is 47.6 Å². The Morgan fingerprint density at radius 2 is 2.04 bits per heavy atom. The molecule has 2 aromatic rings. The summed E-state index contributed by atoms with van der Waals surface area (Å²) in [5, 5.41) is 0.397. The maximum atomic E-state index is 13.4. The van der Waals surface area contributed by atoms with Crippen molar-refractivity contribution in [2.75, 3.05) is 25.9 Å². The van der Waals surface area contributed by atoms with Gasteiger partial charge in [-0.3, -0.25) is 9.69 Å². The number of rotatable bonds is 5. The van der Waals surface area contributed by atoms with Gasteiger partial charge in [0.2, 0.25) is 5.91 Å². The largest absolute Gasteiger partial charge is 0.340 e. The van der Waals surface area contributed by atoms with E-state index >= 15 is 0 Å². The van der Waals surface area contributed by atoms with Gasteiger partial charge in [0, 0.05) is 37.7 Å². The van der Waals surface area contributed by atoms with Gasteiger partial charge in [-0.25, -0.2) is 4.39 Å². The Morgan fingerprint density at radius 1 is 1.27 bits per heavy atom. The molecule has 3 nitrogen and oxygen atoms in total. The predicted octanol–water partition coefficient (Wildman–Crippen LogP) is 3.96. The van der Waals surface area contributed by atoms with Crippen LogP contribution in [0.25, 0.3) is 0 Å². The molecule has 138 valence electrons. The molecule has 2 aromatic carbocycles. The summed E-state index contributed by atoms with van der Waals surface area (Å²) in [4.78, 5) is 16.8. The third kappa shape index (κ3) is 4.65. The van der Waals surface area contributed by atoms with Gasteiger partial charge in [0.1, 0.15) is 5.82 Å². The molecule has 1 saturated heterocycles. The minimum Gasteiger partial charge on any atom is -0.340 e. The molecule has 3 rings (SSSR count). The van der Waals surface area contributed by atoms with Crippen LogP contribution in [0.1, 0.15) is 23.3 Å². The second-order valence-electron chi connectivity index (χ2n) is 6.77. The lowest BCUT2D eigenvalue weighted by atomic mass is 10.1. The first-order chi connectivity index (χ1) is 12.5. The molecule has 0 saturated carbocycles. The molecule has 5 heteroatoms. The molecule has 0 aromatic heterocycles. The normalized spacial score (nSPS) is 19.1. The molecule has 1 aliphatic rings. The fourth-order valence-corrected chi connectivity index (χ4v) is 4.62. The summed E-state index contributed by atoms with van der Waals surface area (Å²) in [6.45, 7) is 4.18. The molecule has 0 radical (unpaired) electrons. The maximum Gasteiger partial charge on any atom is 0.239 e. The molecule has 0 spiro atoms. The van der Waals surface area contributed by atoms with Crippen molar-refractivity contribution in [2.24, 2.45) is 0 Å². The van der Waals surface area contributed by atoms with E-state index in [4.69, 9.17) is 0 Å². The molecule has 1 amide bonds. The van der Waals surface area contributed by atoms with Crippen molar-refractivity contribution in [1.82, 2.24) is 9.80 Å². The number of nitrogens with zero attached hydrogens (tertiary/aromatic N) is 2. The predicted molar refractivity (Wildman–Crippen MR) is 106 cm³/mol. The van der Waals surface area contributed by atoms with Crippen molar-refractivity contribution in [3.63, 3.8) is 0 Å². The summed E-state index contributed by atoms with van der Waals surface area (Å²) < 4.78 is 13.4. The van der Waals surface area contributed by atoms with Gasteiger partial charge < -0.3 is 4.90 Å². The zero-order valence-corrected chi connectivity index (χ0v) is 16.1. The Balaban J connectivity index is 1.62. The standard InChI is InChI=1S/C21H25FN2OS/c1-16(21(25)23(2)14-17-7-6-10-19(22)13-17)24-11-12-26-20(15-24)18-8-4-3-5-9-18/h3-10,13,16,20H,11-12,14-15H2,1-2H3. The van der Waals surface area contributed by atoms with E-state index in [0.29, 0.717) is 11.8 Å². The third-order valence-corrected chi connectivity index (χ3v) is 6.10. The monoisotopic (exact) mass is 372 g/mol. The average molecular weight is 373 g/mol. The molecule has 1 heterocycles. The number of hydrogen-bond donors (Lipinski definition) is 0. The number of amides is 1. The van der Waals surface area contributed by atoms with Crippen LogP contribution in [-0.2, 0) is 11.3 Å². The van der Waals surface area contributed by atoms with Gasteiger partial charge in [-0.15, -0.1) is 0 Å². The van der Waals surface area contributed by atoms with Crippen molar-refractivity contribution in [3.8, 4) is 0 Å². The SMILES string of the molecule is CC(C(=O)N(C)Cc1cccc(F)c1)N1CCSC(c2ccccc2)C1. The zero-order valence-electron chi connectivity index (χ0n) is 15.3. The van der Waals surface area contributed by atoms with Crippen molar-refractivity contribution < 1.29 is 9.18 Å². The summed E-state index contributed by atoms with van der Waals surface area (Å²) in [6, 6.07) is 16.7. The molecule has 0 N–H and O–H groups in total. The smallest absolute Gasteiger partial charge is 0.239 e. The number of likely N-dealkylation sites (N-methyl/N-ethyl adjacent to an activating group) is 1. The van der Waals surface area contributed by atoms with Crippen LogP contribution >= 0.6 is 11.8 Å². The van der Waals surface area contributed by atoms with E-state index in [1.54, 1.807) is 18.0 Å². The van der Waals surface area contributed by atoms with E-state index in [1.165, 1.54) is 17.7 Å². The number of thioether (sulfide) groups is 1. The number of carbonyl (C=O) groups excluding carboxylic acids is 1. The van der Waals surface area contributed by atoms with Crippen LogP contribution in [0, 0.1) is 5.82 Å². The Morgan fingerprint density at radius 3 is 2.77 bits per heavy atom. The van der Waals surface area contributed by atoms with E-state index in [9.17, 15) is 9.18 Å². The lowest BCUT2D eigenvalue weighted by molar-refractivity contribution is -0.135. The molecular weight excluding hydrogens is 347 g/mol. The highest BCUT2D eigenvalue weighted by Crippen LogP contribution is 2.33. The summed E-state index contributed by atoms with van der Waals surface area (Å²) >= 11 is 1.95. The van der Waals surface area contributed by atoms with Gasteiger partial charge in [0.25, 0.3) is 0 Å². The number of carbonyl (C=O) groups is 1. The number of halogens is 1. The molecule has 2 unspecified atom stereocenters. The van der Waals surface area contributed by atoms with Crippen LogP contribution in [0.15, 0.2) is 54.6 Å². The Bertz CT molecular complexity index is 740. The van der Waals surface area contributed by atoms with E-state index in [0.717, 1.165) is 24.4 Å². The molecule has 1 fully saturated rings. The van der Waals surface area contributed by atoms with E-state index in [-0.39, 0.29) is 17.8 Å². The lowest BCUT2D eigenvalue weighted by Crippen LogP contribution is -2.49. The minimum atomic E-state index is -0.268.